The molecule has 0 saturated heterocycles. The Morgan fingerprint density at radius 2 is 1.15 bits per heavy atom. The van der Waals surface area contributed by atoms with Crippen LogP contribution in [-0.2, 0) is 0 Å². The van der Waals surface area contributed by atoms with Crippen LogP contribution in [-0.4, -0.2) is 19.1 Å². The molecule has 4 aromatic heterocycles. The van der Waals surface area contributed by atoms with E-state index in [0.717, 1.165) is 65.5 Å². The lowest BCUT2D eigenvalue weighted by atomic mass is 10.1. The molecule has 10 aromatic rings. The lowest BCUT2D eigenvalue weighted by molar-refractivity contribution is 1.08. The zero-order valence-electron chi connectivity index (χ0n) is 24.9. The number of para-hydroxylation sites is 3. The van der Waals surface area contributed by atoms with Gasteiger partial charge in [0.15, 0.2) is 11.6 Å². The number of nitriles is 1. The van der Waals surface area contributed by atoms with E-state index in [4.69, 9.17) is 9.97 Å². The second kappa shape index (κ2) is 9.85. The summed E-state index contributed by atoms with van der Waals surface area (Å²) in [6, 6.07) is 50.6. The maximum Gasteiger partial charge on any atom is 0.162 e. The van der Waals surface area contributed by atoms with Crippen LogP contribution in [0.25, 0.3) is 86.8 Å². The van der Waals surface area contributed by atoms with Gasteiger partial charge in [-0.1, -0.05) is 84.9 Å². The van der Waals surface area contributed by atoms with Gasteiger partial charge in [0, 0.05) is 42.9 Å². The highest BCUT2D eigenvalue weighted by Gasteiger charge is 2.21. The number of aromatic nitrogens is 4. The molecule has 0 spiro atoms. The number of rotatable bonds is 3. The monoisotopic (exact) mass is 617 g/mol. The predicted molar refractivity (Wildman–Crippen MR) is 194 cm³/mol. The maximum atomic E-state index is 9.62. The van der Waals surface area contributed by atoms with Crippen LogP contribution >= 0.6 is 11.3 Å². The van der Waals surface area contributed by atoms with Crippen molar-refractivity contribution in [1.29, 1.82) is 5.26 Å². The van der Waals surface area contributed by atoms with Crippen LogP contribution in [0.1, 0.15) is 5.56 Å². The zero-order chi connectivity index (χ0) is 31.1. The van der Waals surface area contributed by atoms with E-state index in [2.05, 4.69) is 130 Å². The van der Waals surface area contributed by atoms with Gasteiger partial charge >= 0.3 is 0 Å². The lowest BCUT2D eigenvalue weighted by Crippen LogP contribution is -2.02. The van der Waals surface area contributed by atoms with Crippen molar-refractivity contribution >= 4 is 75.3 Å². The summed E-state index contributed by atoms with van der Waals surface area (Å²) in [4.78, 5) is 10.7. The third-order valence-corrected chi connectivity index (χ3v) is 10.3. The Kier molecular flexibility index (Phi) is 5.45. The van der Waals surface area contributed by atoms with Gasteiger partial charge in [-0.05, 0) is 54.6 Å². The van der Waals surface area contributed by atoms with Crippen molar-refractivity contribution < 1.29 is 0 Å². The molecule has 10 rings (SSSR count). The molecule has 0 bridgehead atoms. The fraction of sp³-hybridized carbons (Fsp3) is 0. The van der Waals surface area contributed by atoms with Gasteiger partial charge in [-0.25, -0.2) is 9.97 Å². The zero-order valence-corrected chi connectivity index (χ0v) is 25.7. The first kappa shape index (κ1) is 26.0. The summed E-state index contributed by atoms with van der Waals surface area (Å²) in [6.45, 7) is 0. The number of fused-ring (bicyclic) bond motifs is 9. The molecule has 0 radical (unpaired) electrons. The smallest absolute Gasteiger partial charge is 0.162 e. The molecule has 5 nitrogen and oxygen atoms in total. The van der Waals surface area contributed by atoms with Crippen LogP contribution in [0.5, 0.6) is 0 Å². The van der Waals surface area contributed by atoms with Crippen LogP contribution in [0.4, 0.5) is 0 Å². The molecule has 47 heavy (non-hydrogen) atoms. The minimum atomic E-state index is 0.649. The molecule has 0 amide bonds. The third-order valence-electron chi connectivity index (χ3n) is 9.16. The van der Waals surface area contributed by atoms with Crippen molar-refractivity contribution in [3.05, 3.63) is 145 Å². The summed E-state index contributed by atoms with van der Waals surface area (Å²) in [6.07, 6.45) is 0. The van der Waals surface area contributed by atoms with Gasteiger partial charge in [-0.3, -0.25) is 4.57 Å². The van der Waals surface area contributed by atoms with E-state index in [1.165, 1.54) is 15.5 Å². The van der Waals surface area contributed by atoms with Crippen LogP contribution in [0.2, 0.25) is 0 Å². The standard InChI is InChI=1S/C41H23N5S/c42-24-25-20-21-36-32(22-25)30-14-3-5-16-33(30)45(36)27-11-9-10-26(23-27)40-43-38-31-15-4-8-19-37(31)47-39(38)41(44-40)46-34-17-6-1-12-28(34)29-13-2-7-18-35(29)46/h1-23H. The Balaban J connectivity index is 1.27. The highest BCUT2D eigenvalue weighted by Crippen LogP contribution is 2.41. The summed E-state index contributed by atoms with van der Waals surface area (Å²) >= 11 is 1.74. The van der Waals surface area contributed by atoms with Crippen LogP contribution < -0.4 is 0 Å². The van der Waals surface area contributed by atoms with Crippen molar-refractivity contribution in [2.75, 3.05) is 0 Å². The minimum Gasteiger partial charge on any atom is -0.309 e. The van der Waals surface area contributed by atoms with E-state index in [1.807, 2.05) is 24.3 Å². The molecule has 0 aliphatic rings. The van der Waals surface area contributed by atoms with E-state index in [-0.39, 0.29) is 0 Å². The van der Waals surface area contributed by atoms with Gasteiger partial charge in [0.05, 0.1) is 43.9 Å². The van der Waals surface area contributed by atoms with Crippen molar-refractivity contribution in [1.82, 2.24) is 19.1 Å². The first-order chi connectivity index (χ1) is 23.3. The average molecular weight is 618 g/mol. The van der Waals surface area contributed by atoms with Crippen molar-refractivity contribution in [2.24, 2.45) is 0 Å². The number of nitrogens with zero attached hydrogens (tertiary/aromatic N) is 5. The molecule has 0 N–H and O–H groups in total. The molecular formula is C41H23N5S. The predicted octanol–water partition coefficient (Wildman–Crippen LogP) is 10.6. The maximum absolute atomic E-state index is 9.62. The van der Waals surface area contributed by atoms with Crippen molar-refractivity contribution in [3.63, 3.8) is 0 Å². The Labute approximate surface area is 272 Å². The number of hydrogen-bond acceptors (Lipinski definition) is 4. The Hall–Kier alpha value is -6.29. The molecule has 0 fully saturated rings. The first-order valence-corrected chi connectivity index (χ1v) is 16.3. The number of thiophene rings is 1. The van der Waals surface area contributed by atoms with E-state index in [9.17, 15) is 5.26 Å². The molecule has 0 saturated carbocycles. The highest BCUT2D eigenvalue weighted by molar-refractivity contribution is 7.26. The second-order valence-electron chi connectivity index (χ2n) is 11.8. The van der Waals surface area contributed by atoms with Gasteiger partial charge in [-0.2, -0.15) is 5.26 Å². The minimum absolute atomic E-state index is 0.649. The van der Waals surface area contributed by atoms with E-state index in [1.54, 1.807) is 11.3 Å². The Bertz CT molecular complexity index is 2880. The van der Waals surface area contributed by atoms with E-state index < -0.39 is 0 Å². The molecule has 0 atom stereocenters. The van der Waals surface area contributed by atoms with Gasteiger partial charge in [-0.15, -0.1) is 11.3 Å². The number of hydrogen-bond donors (Lipinski definition) is 0. The summed E-state index contributed by atoms with van der Waals surface area (Å²) < 4.78 is 6.82. The van der Waals surface area contributed by atoms with Gasteiger partial charge in [0.25, 0.3) is 0 Å². The van der Waals surface area contributed by atoms with Gasteiger partial charge < -0.3 is 4.57 Å². The summed E-state index contributed by atoms with van der Waals surface area (Å²) in [7, 11) is 0. The van der Waals surface area contributed by atoms with Crippen LogP contribution in [0, 0.1) is 11.3 Å². The fourth-order valence-electron chi connectivity index (χ4n) is 7.11. The lowest BCUT2D eigenvalue weighted by Gasteiger charge is -2.12. The molecule has 0 unspecified atom stereocenters. The summed E-state index contributed by atoms with van der Waals surface area (Å²) in [5, 5.41) is 15.3. The van der Waals surface area contributed by atoms with Crippen molar-refractivity contribution in [3.8, 4) is 29.0 Å². The fourth-order valence-corrected chi connectivity index (χ4v) is 8.23. The Morgan fingerprint density at radius 1 is 0.532 bits per heavy atom. The molecule has 0 aliphatic carbocycles. The SMILES string of the molecule is N#Cc1ccc2c(c1)c1ccccc1n2-c1cccc(-c2nc(-n3c4ccccc4c4ccccc43)c3sc4ccccc4c3n2)c1. The van der Waals surface area contributed by atoms with Crippen molar-refractivity contribution in [2.45, 2.75) is 0 Å². The normalized spacial score (nSPS) is 11.8. The molecule has 218 valence electrons. The van der Waals surface area contributed by atoms with Crippen LogP contribution in [0.3, 0.4) is 0 Å². The van der Waals surface area contributed by atoms with Crippen LogP contribution in [0.15, 0.2) is 140 Å². The average Bonchev–Trinajstić information content (AvgIpc) is 3.79. The topological polar surface area (TPSA) is 59.4 Å². The third kappa shape index (κ3) is 3.75. The van der Waals surface area contributed by atoms with Gasteiger partial charge in [0.2, 0.25) is 0 Å². The van der Waals surface area contributed by atoms with E-state index in [0.29, 0.717) is 11.4 Å². The second-order valence-corrected chi connectivity index (χ2v) is 12.8. The molecule has 4 heterocycles. The largest absolute Gasteiger partial charge is 0.309 e. The quantitative estimate of drug-likeness (QED) is 0.198. The van der Waals surface area contributed by atoms with E-state index >= 15 is 0 Å². The molecular weight excluding hydrogens is 595 g/mol. The van der Waals surface area contributed by atoms with Gasteiger partial charge in [0.1, 0.15) is 0 Å². The number of benzene rings is 6. The molecule has 0 aliphatic heterocycles. The summed E-state index contributed by atoms with van der Waals surface area (Å²) in [5.74, 6) is 1.56. The molecule has 6 aromatic carbocycles. The highest BCUT2D eigenvalue weighted by atomic mass is 32.1. The molecule has 6 heteroatoms. The Morgan fingerprint density at radius 3 is 1.87 bits per heavy atom. The first-order valence-electron chi connectivity index (χ1n) is 15.5. The summed E-state index contributed by atoms with van der Waals surface area (Å²) in [5.41, 5.74) is 7.92.